The van der Waals surface area contributed by atoms with Gasteiger partial charge in [0.1, 0.15) is 0 Å². The third-order valence-electron chi connectivity index (χ3n) is 2.60. The van der Waals surface area contributed by atoms with Gasteiger partial charge in [-0.1, -0.05) is 6.92 Å². The number of carbonyl (C=O) groups excluding carboxylic acids is 1. The summed E-state index contributed by atoms with van der Waals surface area (Å²) in [5.41, 5.74) is 0. The molecule has 0 radical (unpaired) electrons. The highest BCUT2D eigenvalue weighted by molar-refractivity contribution is 9.10. The first-order chi connectivity index (χ1) is 8.92. The maximum atomic E-state index is 11.9. The minimum absolute atomic E-state index is 0.0549. The molecule has 0 aromatic carbocycles. The summed E-state index contributed by atoms with van der Waals surface area (Å²) in [5.74, 6) is -0.906. The van der Waals surface area contributed by atoms with Gasteiger partial charge < -0.3 is 15.3 Å². The fraction of sp³-hybridized carbons (Fsp3) is 0.500. The van der Waals surface area contributed by atoms with Gasteiger partial charge in [-0.3, -0.25) is 4.79 Å². The number of carboxylic acids is 1. The molecule has 0 saturated carbocycles. The summed E-state index contributed by atoms with van der Waals surface area (Å²) in [6.45, 7) is 2.36. The van der Waals surface area contributed by atoms with E-state index in [-0.39, 0.29) is 18.5 Å². The van der Waals surface area contributed by atoms with Gasteiger partial charge in [-0.2, -0.15) is 0 Å². The summed E-state index contributed by atoms with van der Waals surface area (Å²) in [5, 5.41) is 13.4. The molecule has 0 bridgehead atoms. The zero-order valence-electron chi connectivity index (χ0n) is 10.9. The Kier molecular flexibility index (Phi) is 6.30. The summed E-state index contributed by atoms with van der Waals surface area (Å²) in [4.78, 5) is 25.2. The minimum atomic E-state index is -0.906. The van der Waals surface area contributed by atoms with E-state index >= 15 is 0 Å². The molecule has 106 valence electrons. The Balaban J connectivity index is 2.49. The number of thiophene rings is 1. The van der Waals surface area contributed by atoms with Crippen molar-refractivity contribution < 1.29 is 14.7 Å². The first-order valence-electron chi connectivity index (χ1n) is 5.88. The lowest BCUT2D eigenvalue weighted by Gasteiger charge is -2.21. The maximum Gasteiger partial charge on any atom is 0.317 e. The molecule has 1 aromatic rings. The zero-order chi connectivity index (χ0) is 14.4. The smallest absolute Gasteiger partial charge is 0.317 e. The molecule has 0 saturated heterocycles. The van der Waals surface area contributed by atoms with Crippen LogP contribution in [-0.4, -0.2) is 35.1 Å². The van der Waals surface area contributed by atoms with Crippen molar-refractivity contribution in [3.63, 3.8) is 0 Å². The van der Waals surface area contributed by atoms with Crippen molar-refractivity contribution in [2.24, 2.45) is 0 Å². The third kappa shape index (κ3) is 5.61. The van der Waals surface area contributed by atoms with Gasteiger partial charge in [0.05, 0.1) is 13.0 Å². The Bertz CT molecular complexity index is 450. The third-order valence-corrected chi connectivity index (χ3v) is 4.29. The topological polar surface area (TPSA) is 69.6 Å². The number of amides is 2. The van der Waals surface area contributed by atoms with Crippen LogP contribution in [0.1, 0.15) is 24.6 Å². The van der Waals surface area contributed by atoms with Crippen LogP contribution in [0.15, 0.2) is 15.9 Å². The van der Waals surface area contributed by atoms with Crippen LogP contribution in [0.2, 0.25) is 0 Å². The Morgan fingerprint density at radius 2 is 2.26 bits per heavy atom. The van der Waals surface area contributed by atoms with E-state index in [1.807, 2.05) is 18.4 Å². The van der Waals surface area contributed by atoms with Gasteiger partial charge in [-0.05, 0) is 28.4 Å². The van der Waals surface area contributed by atoms with Crippen LogP contribution in [0.5, 0.6) is 0 Å². The second-order valence-corrected chi connectivity index (χ2v) is 6.15. The van der Waals surface area contributed by atoms with Crippen molar-refractivity contribution in [2.75, 3.05) is 7.05 Å². The van der Waals surface area contributed by atoms with Crippen molar-refractivity contribution in [1.82, 2.24) is 10.2 Å². The molecule has 1 unspecified atom stereocenters. The first-order valence-corrected chi connectivity index (χ1v) is 7.56. The van der Waals surface area contributed by atoms with E-state index in [1.54, 1.807) is 23.3 Å². The van der Waals surface area contributed by atoms with Crippen molar-refractivity contribution in [3.8, 4) is 0 Å². The molecule has 1 atom stereocenters. The molecule has 7 heteroatoms. The highest BCUT2D eigenvalue weighted by Gasteiger charge is 2.17. The number of urea groups is 1. The Morgan fingerprint density at radius 1 is 1.58 bits per heavy atom. The monoisotopic (exact) mass is 348 g/mol. The van der Waals surface area contributed by atoms with E-state index in [1.165, 1.54) is 0 Å². The molecule has 2 amide bonds. The molecule has 0 aliphatic rings. The average molecular weight is 349 g/mol. The summed E-state index contributed by atoms with van der Waals surface area (Å²) in [6.07, 6.45) is 0.539. The van der Waals surface area contributed by atoms with E-state index in [9.17, 15) is 9.59 Å². The fourth-order valence-corrected chi connectivity index (χ4v) is 3.04. The molecule has 1 rings (SSSR count). The second-order valence-electron chi connectivity index (χ2n) is 4.24. The number of carboxylic acid groups (broad SMARTS) is 1. The van der Waals surface area contributed by atoms with Gasteiger partial charge in [-0.15, -0.1) is 11.3 Å². The van der Waals surface area contributed by atoms with E-state index in [2.05, 4.69) is 21.2 Å². The first kappa shape index (κ1) is 16.0. The van der Waals surface area contributed by atoms with Crippen LogP contribution in [-0.2, 0) is 11.3 Å². The van der Waals surface area contributed by atoms with Gasteiger partial charge in [0.2, 0.25) is 0 Å². The SMILES string of the molecule is CCC(CC(=O)O)NC(=O)N(C)Cc1cc(Br)cs1. The summed E-state index contributed by atoms with van der Waals surface area (Å²) in [7, 11) is 1.69. The normalized spacial score (nSPS) is 11.9. The fourth-order valence-electron chi connectivity index (χ4n) is 1.54. The standard InChI is InChI=1S/C12H17BrN2O3S/c1-3-9(5-11(16)17)14-12(18)15(2)6-10-4-8(13)7-19-10/h4,7,9H,3,5-6H2,1-2H3,(H,14,18)(H,16,17). The number of halogens is 1. The number of hydrogen-bond acceptors (Lipinski definition) is 3. The molecule has 1 heterocycles. The predicted molar refractivity (Wildman–Crippen MR) is 78.3 cm³/mol. The summed E-state index contributed by atoms with van der Waals surface area (Å²) >= 11 is 4.93. The largest absolute Gasteiger partial charge is 0.481 e. The van der Waals surface area contributed by atoms with Crippen molar-refractivity contribution in [3.05, 3.63) is 20.8 Å². The molecule has 2 N–H and O–H groups in total. The average Bonchev–Trinajstić information content (AvgIpc) is 2.73. The van der Waals surface area contributed by atoms with Crippen LogP contribution >= 0.6 is 27.3 Å². The van der Waals surface area contributed by atoms with Crippen molar-refractivity contribution in [2.45, 2.75) is 32.4 Å². The lowest BCUT2D eigenvalue weighted by molar-refractivity contribution is -0.137. The quantitative estimate of drug-likeness (QED) is 0.830. The summed E-state index contributed by atoms with van der Waals surface area (Å²) in [6, 6.07) is 1.38. The van der Waals surface area contributed by atoms with Gasteiger partial charge in [0.25, 0.3) is 0 Å². The minimum Gasteiger partial charge on any atom is -0.481 e. The zero-order valence-corrected chi connectivity index (χ0v) is 13.3. The molecular formula is C12H17BrN2O3S. The van der Waals surface area contributed by atoms with E-state index in [4.69, 9.17) is 5.11 Å². The number of nitrogens with one attached hydrogen (secondary N) is 1. The Hall–Kier alpha value is -1.08. The molecule has 1 aromatic heterocycles. The van der Waals surface area contributed by atoms with E-state index in [0.29, 0.717) is 13.0 Å². The number of hydrogen-bond donors (Lipinski definition) is 2. The number of carbonyl (C=O) groups is 2. The lowest BCUT2D eigenvalue weighted by Crippen LogP contribution is -2.43. The molecule has 0 aliphatic heterocycles. The molecule has 0 fully saturated rings. The van der Waals surface area contributed by atoms with Crippen LogP contribution in [0, 0.1) is 0 Å². The highest BCUT2D eigenvalue weighted by atomic mass is 79.9. The van der Waals surface area contributed by atoms with E-state index < -0.39 is 5.97 Å². The molecule has 5 nitrogen and oxygen atoms in total. The molecular weight excluding hydrogens is 332 g/mol. The van der Waals surface area contributed by atoms with Crippen molar-refractivity contribution in [1.29, 1.82) is 0 Å². The number of rotatable bonds is 6. The van der Waals surface area contributed by atoms with Gasteiger partial charge >= 0.3 is 12.0 Å². The van der Waals surface area contributed by atoms with Crippen LogP contribution in [0.4, 0.5) is 4.79 Å². The van der Waals surface area contributed by atoms with Gasteiger partial charge in [-0.25, -0.2) is 4.79 Å². The second kappa shape index (κ2) is 7.49. The molecule has 0 spiro atoms. The highest BCUT2D eigenvalue weighted by Crippen LogP contribution is 2.20. The Morgan fingerprint density at radius 3 is 2.74 bits per heavy atom. The van der Waals surface area contributed by atoms with Gasteiger partial charge in [0, 0.05) is 27.8 Å². The van der Waals surface area contributed by atoms with E-state index in [0.717, 1.165) is 9.35 Å². The maximum absolute atomic E-state index is 11.9. The number of nitrogens with zero attached hydrogens (tertiary/aromatic N) is 1. The Labute approximate surface area is 124 Å². The predicted octanol–water partition coefficient (Wildman–Crippen LogP) is 2.91. The number of aliphatic carboxylic acids is 1. The lowest BCUT2D eigenvalue weighted by atomic mass is 10.1. The molecule has 0 aliphatic carbocycles. The van der Waals surface area contributed by atoms with Gasteiger partial charge in [0.15, 0.2) is 0 Å². The van der Waals surface area contributed by atoms with Crippen molar-refractivity contribution >= 4 is 39.3 Å². The molecule has 19 heavy (non-hydrogen) atoms. The van der Waals surface area contributed by atoms with Crippen LogP contribution < -0.4 is 5.32 Å². The van der Waals surface area contributed by atoms with Crippen LogP contribution in [0.25, 0.3) is 0 Å². The summed E-state index contributed by atoms with van der Waals surface area (Å²) < 4.78 is 0.999. The van der Waals surface area contributed by atoms with Crippen LogP contribution in [0.3, 0.4) is 0 Å².